The smallest absolute Gasteiger partial charge is 0.264 e. The van der Waals surface area contributed by atoms with E-state index in [0.29, 0.717) is 27.7 Å². The first-order valence-electron chi connectivity index (χ1n) is 8.72. The van der Waals surface area contributed by atoms with Crippen molar-refractivity contribution in [1.29, 1.82) is 0 Å². The highest BCUT2D eigenvalue weighted by atomic mass is 79.9. The van der Waals surface area contributed by atoms with Gasteiger partial charge in [0.05, 0.1) is 22.7 Å². The lowest BCUT2D eigenvalue weighted by atomic mass is 10.2. The van der Waals surface area contributed by atoms with Gasteiger partial charge in [0.2, 0.25) is 0 Å². The highest BCUT2D eigenvalue weighted by molar-refractivity contribution is 9.10. The molecular weight excluding hydrogens is 492 g/mol. The second-order valence-corrected chi connectivity index (χ2v) is 9.51. The Balaban J connectivity index is 1.76. The molecule has 0 saturated heterocycles. The fraction of sp³-hybridized carbons (Fsp3) is 0.0952. The van der Waals surface area contributed by atoms with Crippen molar-refractivity contribution in [3.63, 3.8) is 0 Å². The molecule has 0 spiro atoms. The predicted molar refractivity (Wildman–Crippen MR) is 122 cm³/mol. The van der Waals surface area contributed by atoms with Crippen molar-refractivity contribution in [2.24, 2.45) is 0 Å². The number of benzene rings is 3. The molecule has 9 heteroatoms. The summed E-state index contributed by atoms with van der Waals surface area (Å²) in [5.41, 5.74) is 1.36. The average Bonchev–Trinajstić information content (AvgIpc) is 2.76. The van der Waals surface area contributed by atoms with Gasteiger partial charge in [-0.2, -0.15) is 0 Å². The van der Waals surface area contributed by atoms with Crippen molar-refractivity contribution in [3.8, 4) is 5.75 Å². The minimum Gasteiger partial charge on any atom is -0.497 e. The third-order valence-electron chi connectivity index (χ3n) is 4.39. The molecule has 30 heavy (non-hydrogen) atoms. The van der Waals surface area contributed by atoms with Crippen LogP contribution in [-0.4, -0.2) is 28.5 Å². The number of rotatable bonds is 6. The average molecular weight is 510 g/mol. The zero-order chi connectivity index (χ0) is 21.9. The lowest BCUT2D eigenvalue weighted by molar-refractivity contribution is 0.102. The third kappa shape index (κ3) is 4.77. The molecule has 3 rings (SSSR count). The molecular formula is C21H18BrClN2O4S. The molecule has 1 amide bonds. The molecule has 0 aromatic heterocycles. The SMILES string of the molecule is COc1ccc(S(=O)(=O)N(C)c2ccc(C(=O)Nc3ccc(Br)c(Cl)c3)cc2)cc1. The first-order valence-corrected chi connectivity index (χ1v) is 11.3. The molecule has 0 aliphatic carbocycles. The molecule has 3 aromatic carbocycles. The number of nitrogens with zero attached hydrogens (tertiary/aromatic N) is 1. The summed E-state index contributed by atoms with van der Waals surface area (Å²) in [5.74, 6) is 0.236. The quantitative estimate of drug-likeness (QED) is 0.496. The summed E-state index contributed by atoms with van der Waals surface area (Å²) in [6.45, 7) is 0. The van der Waals surface area contributed by atoms with Gasteiger partial charge in [-0.05, 0) is 82.7 Å². The predicted octanol–water partition coefficient (Wildman–Crippen LogP) is 5.19. The lowest BCUT2D eigenvalue weighted by Gasteiger charge is -2.20. The summed E-state index contributed by atoms with van der Waals surface area (Å²) in [5, 5.41) is 3.23. The molecule has 0 fully saturated rings. The highest BCUT2D eigenvalue weighted by Crippen LogP contribution is 2.27. The van der Waals surface area contributed by atoms with Crippen LogP contribution in [0.5, 0.6) is 5.75 Å². The molecule has 0 aliphatic rings. The van der Waals surface area contributed by atoms with Crippen LogP contribution in [-0.2, 0) is 10.0 Å². The molecule has 0 heterocycles. The maximum Gasteiger partial charge on any atom is 0.264 e. The topological polar surface area (TPSA) is 75.7 Å². The van der Waals surface area contributed by atoms with Crippen molar-refractivity contribution >= 4 is 54.8 Å². The van der Waals surface area contributed by atoms with E-state index in [9.17, 15) is 13.2 Å². The zero-order valence-corrected chi connectivity index (χ0v) is 19.3. The molecule has 156 valence electrons. The largest absolute Gasteiger partial charge is 0.497 e. The fourth-order valence-corrected chi connectivity index (χ4v) is 4.27. The van der Waals surface area contributed by atoms with Crippen molar-refractivity contribution in [2.75, 3.05) is 23.8 Å². The van der Waals surface area contributed by atoms with E-state index in [2.05, 4.69) is 21.2 Å². The standard InChI is InChI=1S/C21H18BrClN2O4S/c1-25(30(27,28)18-10-8-17(29-2)9-11-18)16-6-3-14(4-7-16)21(26)24-15-5-12-19(22)20(23)13-15/h3-13H,1-2H3,(H,24,26). The molecule has 3 aromatic rings. The van der Waals surface area contributed by atoms with Gasteiger partial charge in [-0.3, -0.25) is 9.10 Å². The van der Waals surface area contributed by atoms with Gasteiger partial charge in [0.1, 0.15) is 5.75 Å². The number of anilines is 2. The van der Waals surface area contributed by atoms with E-state index in [-0.39, 0.29) is 10.8 Å². The van der Waals surface area contributed by atoms with E-state index in [1.165, 1.54) is 26.3 Å². The summed E-state index contributed by atoms with van der Waals surface area (Å²) >= 11 is 9.34. The second-order valence-electron chi connectivity index (χ2n) is 6.28. The van der Waals surface area contributed by atoms with E-state index >= 15 is 0 Å². The number of hydrogen-bond acceptors (Lipinski definition) is 4. The van der Waals surface area contributed by atoms with Gasteiger partial charge in [0.15, 0.2) is 0 Å². The Hall–Kier alpha value is -2.55. The van der Waals surface area contributed by atoms with Crippen molar-refractivity contribution in [2.45, 2.75) is 4.90 Å². The summed E-state index contributed by atoms with van der Waals surface area (Å²) in [6, 6.07) is 17.5. The Morgan fingerprint density at radius 2 is 1.67 bits per heavy atom. The Kier molecular flexibility index (Phi) is 6.70. The summed E-state index contributed by atoms with van der Waals surface area (Å²) < 4.78 is 32.6. The summed E-state index contributed by atoms with van der Waals surface area (Å²) in [4.78, 5) is 12.6. The Morgan fingerprint density at radius 1 is 1.03 bits per heavy atom. The second kappa shape index (κ2) is 9.07. The van der Waals surface area contributed by atoms with Crippen LogP contribution in [0.3, 0.4) is 0 Å². The molecule has 0 saturated carbocycles. The Labute approximate surface area is 188 Å². The summed E-state index contributed by atoms with van der Waals surface area (Å²) in [7, 11) is -0.780. The molecule has 0 radical (unpaired) electrons. The van der Waals surface area contributed by atoms with Gasteiger partial charge in [-0.1, -0.05) is 11.6 Å². The van der Waals surface area contributed by atoms with Crippen LogP contribution in [0.2, 0.25) is 5.02 Å². The minimum atomic E-state index is -3.75. The number of amides is 1. The van der Waals surface area contributed by atoms with Crippen LogP contribution >= 0.6 is 27.5 Å². The molecule has 0 unspecified atom stereocenters. The van der Waals surface area contributed by atoms with Gasteiger partial charge in [-0.15, -0.1) is 0 Å². The number of methoxy groups -OCH3 is 1. The molecule has 0 atom stereocenters. The highest BCUT2D eigenvalue weighted by Gasteiger charge is 2.21. The van der Waals surface area contributed by atoms with Gasteiger partial charge in [-0.25, -0.2) is 8.42 Å². The first kappa shape index (κ1) is 22.1. The maximum absolute atomic E-state index is 12.8. The number of carbonyl (C=O) groups excluding carboxylic acids is 1. The molecule has 6 nitrogen and oxygen atoms in total. The van der Waals surface area contributed by atoms with E-state index < -0.39 is 10.0 Å². The van der Waals surface area contributed by atoms with Gasteiger partial charge >= 0.3 is 0 Å². The Bertz CT molecular complexity index is 1170. The zero-order valence-electron chi connectivity index (χ0n) is 16.1. The van der Waals surface area contributed by atoms with Gasteiger partial charge in [0, 0.05) is 22.8 Å². The van der Waals surface area contributed by atoms with Crippen molar-refractivity contribution in [3.05, 3.63) is 81.8 Å². The minimum absolute atomic E-state index is 0.139. The number of ether oxygens (including phenoxy) is 1. The normalized spacial score (nSPS) is 11.1. The molecule has 1 N–H and O–H groups in total. The lowest BCUT2D eigenvalue weighted by Crippen LogP contribution is -2.26. The Morgan fingerprint density at radius 3 is 2.23 bits per heavy atom. The van der Waals surface area contributed by atoms with Crippen LogP contribution < -0.4 is 14.4 Å². The fourth-order valence-electron chi connectivity index (χ4n) is 2.64. The van der Waals surface area contributed by atoms with E-state index in [0.717, 1.165) is 8.78 Å². The van der Waals surface area contributed by atoms with Crippen LogP contribution in [0.15, 0.2) is 76.1 Å². The third-order valence-corrected chi connectivity index (χ3v) is 7.42. The number of nitrogens with one attached hydrogen (secondary N) is 1. The van der Waals surface area contributed by atoms with Crippen LogP contribution in [0.25, 0.3) is 0 Å². The van der Waals surface area contributed by atoms with Gasteiger partial charge < -0.3 is 10.1 Å². The number of hydrogen-bond donors (Lipinski definition) is 1. The first-order chi connectivity index (χ1) is 14.2. The molecule has 0 bridgehead atoms. The molecule has 0 aliphatic heterocycles. The number of carbonyl (C=O) groups is 1. The van der Waals surface area contributed by atoms with Crippen molar-refractivity contribution < 1.29 is 17.9 Å². The van der Waals surface area contributed by atoms with Crippen LogP contribution in [0.1, 0.15) is 10.4 Å². The van der Waals surface area contributed by atoms with E-state index in [1.54, 1.807) is 54.6 Å². The monoisotopic (exact) mass is 508 g/mol. The maximum atomic E-state index is 12.8. The van der Waals surface area contributed by atoms with Gasteiger partial charge in [0.25, 0.3) is 15.9 Å². The summed E-state index contributed by atoms with van der Waals surface area (Å²) in [6.07, 6.45) is 0. The number of halogens is 2. The van der Waals surface area contributed by atoms with Crippen molar-refractivity contribution in [1.82, 2.24) is 0 Å². The van der Waals surface area contributed by atoms with E-state index in [1.807, 2.05) is 0 Å². The van der Waals surface area contributed by atoms with Crippen LogP contribution in [0, 0.1) is 0 Å². The van der Waals surface area contributed by atoms with E-state index in [4.69, 9.17) is 16.3 Å². The number of sulfonamides is 1. The van der Waals surface area contributed by atoms with Crippen LogP contribution in [0.4, 0.5) is 11.4 Å².